The summed E-state index contributed by atoms with van der Waals surface area (Å²) in [5, 5.41) is 3.82. The number of H-pyrrole nitrogens is 1. The van der Waals surface area contributed by atoms with Crippen LogP contribution in [0.1, 0.15) is 28.7 Å². The molecule has 4 nitrogen and oxygen atoms in total. The first kappa shape index (κ1) is 18.8. The Hall–Kier alpha value is -2.95. The van der Waals surface area contributed by atoms with Crippen molar-refractivity contribution in [2.75, 3.05) is 6.54 Å². The Labute approximate surface area is 157 Å². The van der Waals surface area contributed by atoms with Crippen LogP contribution in [-0.2, 0) is 17.6 Å². The zero-order chi connectivity index (χ0) is 19.4. The molecule has 0 unspecified atom stereocenters. The van der Waals surface area contributed by atoms with Crippen molar-refractivity contribution in [3.8, 4) is 0 Å². The molecule has 0 saturated carbocycles. The van der Waals surface area contributed by atoms with Crippen LogP contribution in [0.4, 0.5) is 4.39 Å². The molecular formula is C22H23FN2O2. The van der Waals surface area contributed by atoms with Gasteiger partial charge in [0, 0.05) is 24.0 Å². The van der Waals surface area contributed by atoms with Crippen LogP contribution in [0.3, 0.4) is 0 Å². The molecule has 0 fully saturated rings. The third-order valence-electron chi connectivity index (χ3n) is 4.81. The van der Waals surface area contributed by atoms with Crippen LogP contribution in [0.5, 0.6) is 0 Å². The lowest BCUT2D eigenvalue weighted by molar-refractivity contribution is -0.121. The molecule has 2 N–H and O–H groups in total. The van der Waals surface area contributed by atoms with Gasteiger partial charge in [-0.05, 0) is 79.1 Å². The Balaban J connectivity index is 1.56. The molecule has 0 radical (unpaired) electrons. The Morgan fingerprint density at radius 2 is 1.74 bits per heavy atom. The van der Waals surface area contributed by atoms with Gasteiger partial charge in [0.2, 0.25) is 5.91 Å². The number of rotatable bonds is 6. The molecule has 0 saturated heterocycles. The van der Waals surface area contributed by atoms with Crippen molar-refractivity contribution in [2.45, 2.75) is 33.1 Å². The molecule has 1 aromatic heterocycles. The van der Waals surface area contributed by atoms with E-state index < -0.39 is 0 Å². The minimum Gasteiger partial charge on any atom is -0.356 e. The normalized spacial score (nSPS) is 10.9. The van der Waals surface area contributed by atoms with Crippen LogP contribution in [0.25, 0.3) is 10.9 Å². The average Bonchev–Trinajstić information content (AvgIpc) is 2.63. The van der Waals surface area contributed by atoms with Gasteiger partial charge in [0.05, 0.1) is 0 Å². The number of pyridine rings is 1. The fourth-order valence-electron chi connectivity index (χ4n) is 3.04. The molecule has 3 rings (SSSR count). The molecule has 2 aromatic carbocycles. The summed E-state index contributed by atoms with van der Waals surface area (Å²) in [4.78, 5) is 27.2. The van der Waals surface area contributed by atoms with Crippen LogP contribution >= 0.6 is 0 Å². The molecule has 0 aliphatic carbocycles. The van der Waals surface area contributed by atoms with Crippen LogP contribution in [0.15, 0.2) is 47.3 Å². The second-order valence-corrected chi connectivity index (χ2v) is 6.87. The molecule has 0 atom stereocenters. The average molecular weight is 366 g/mol. The number of aromatic nitrogens is 1. The Morgan fingerprint density at radius 3 is 2.48 bits per heavy atom. The van der Waals surface area contributed by atoms with Gasteiger partial charge in [0.15, 0.2) is 0 Å². The fourth-order valence-corrected chi connectivity index (χ4v) is 3.04. The first-order valence-corrected chi connectivity index (χ1v) is 9.06. The summed E-state index contributed by atoms with van der Waals surface area (Å²) in [5.41, 5.74) is 4.54. The van der Waals surface area contributed by atoms with E-state index in [0.29, 0.717) is 24.9 Å². The van der Waals surface area contributed by atoms with Gasteiger partial charge in [-0.2, -0.15) is 0 Å². The minimum absolute atomic E-state index is 0.100. The number of carbonyl (C=O) groups is 1. The molecule has 3 aromatic rings. The van der Waals surface area contributed by atoms with Crippen molar-refractivity contribution in [2.24, 2.45) is 0 Å². The molecule has 0 aliphatic heterocycles. The van der Waals surface area contributed by atoms with Gasteiger partial charge in [-0.1, -0.05) is 12.1 Å². The molecule has 1 amide bonds. The van der Waals surface area contributed by atoms with Gasteiger partial charge in [-0.25, -0.2) is 4.39 Å². The summed E-state index contributed by atoms with van der Waals surface area (Å²) in [6.45, 7) is 4.53. The van der Waals surface area contributed by atoms with E-state index in [4.69, 9.17) is 0 Å². The van der Waals surface area contributed by atoms with Crippen LogP contribution in [0, 0.1) is 19.7 Å². The van der Waals surface area contributed by atoms with E-state index in [-0.39, 0.29) is 23.7 Å². The topological polar surface area (TPSA) is 62.0 Å². The van der Waals surface area contributed by atoms with Crippen molar-refractivity contribution in [1.29, 1.82) is 0 Å². The lowest BCUT2D eigenvalue weighted by Crippen LogP contribution is -2.26. The predicted octanol–water partition coefficient (Wildman–Crippen LogP) is 3.58. The predicted molar refractivity (Wildman–Crippen MR) is 105 cm³/mol. The highest BCUT2D eigenvalue weighted by atomic mass is 19.1. The maximum atomic E-state index is 12.9. The number of benzene rings is 2. The van der Waals surface area contributed by atoms with Crippen molar-refractivity contribution >= 4 is 16.8 Å². The number of fused-ring (bicyclic) bond motifs is 1. The van der Waals surface area contributed by atoms with Crippen molar-refractivity contribution in [3.63, 3.8) is 0 Å². The lowest BCUT2D eigenvalue weighted by atomic mass is 10.0. The maximum absolute atomic E-state index is 12.9. The van der Waals surface area contributed by atoms with Crippen molar-refractivity contribution in [3.05, 3.63) is 80.9 Å². The second-order valence-electron chi connectivity index (χ2n) is 6.87. The number of hydrogen-bond acceptors (Lipinski definition) is 2. The largest absolute Gasteiger partial charge is 0.356 e. The van der Waals surface area contributed by atoms with Crippen molar-refractivity contribution in [1.82, 2.24) is 10.3 Å². The van der Waals surface area contributed by atoms with Gasteiger partial charge in [0.25, 0.3) is 5.56 Å². The first-order valence-electron chi connectivity index (χ1n) is 9.06. The number of nitrogens with one attached hydrogen (secondary N) is 2. The molecule has 0 aliphatic rings. The minimum atomic E-state index is -0.270. The summed E-state index contributed by atoms with van der Waals surface area (Å²) in [7, 11) is 0. The number of aromatic amines is 1. The molecule has 0 spiro atoms. The van der Waals surface area contributed by atoms with Gasteiger partial charge in [-0.15, -0.1) is 0 Å². The zero-order valence-corrected chi connectivity index (χ0v) is 15.6. The van der Waals surface area contributed by atoms with E-state index in [1.165, 1.54) is 17.7 Å². The van der Waals surface area contributed by atoms with Gasteiger partial charge < -0.3 is 10.3 Å². The van der Waals surface area contributed by atoms with E-state index in [0.717, 1.165) is 22.0 Å². The van der Waals surface area contributed by atoms with E-state index in [2.05, 4.69) is 10.3 Å². The Morgan fingerprint density at radius 1 is 1.04 bits per heavy atom. The monoisotopic (exact) mass is 366 g/mol. The highest BCUT2D eigenvalue weighted by Crippen LogP contribution is 2.17. The molecule has 140 valence electrons. The maximum Gasteiger partial charge on any atom is 0.251 e. The van der Waals surface area contributed by atoms with Gasteiger partial charge in [0.1, 0.15) is 5.82 Å². The molecule has 1 heterocycles. The highest BCUT2D eigenvalue weighted by molar-refractivity contribution is 5.81. The summed E-state index contributed by atoms with van der Waals surface area (Å²) in [6, 6.07) is 12.1. The Kier molecular flexibility index (Phi) is 5.69. The number of carbonyl (C=O) groups excluding carboxylic acids is 1. The SMILES string of the molecule is Cc1cc2cc(CCC(=O)NCCc3ccc(F)cc3)c(=O)[nH]c2cc1C. The smallest absolute Gasteiger partial charge is 0.251 e. The van der Waals surface area contributed by atoms with E-state index in [9.17, 15) is 14.0 Å². The molecule has 5 heteroatoms. The zero-order valence-electron chi connectivity index (χ0n) is 15.6. The van der Waals surface area contributed by atoms with Gasteiger partial charge in [-0.3, -0.25) is 9.59 Å². The highest BCUT2D eigenvalue weighted by Gasteiger charge is 2.08. The number of amides is 1. The summed E-state index contributed by atoms with van der Waals surface area (Å²) < 4.78 is 12.9. The number of halogens is 1. The van der Waals surface area contributed by atoms with E-state index >= 15 is 0 Å². The summed E-state index contributed by atoms with van der Waals surface area (Å²) >= 11 is 0. The summed E-state index contributed by atoms with van der Waals surface area (Å²) in [6.07, 6.45) is 1.28. The summed E-state index contributed by atoms with van der Waals surface area (Å²) in [5.74, 6) is -0.370. The van der Waals surface area contributed by atoms with E-state index in [1.54, 1.807) is 12.1 Å². The van der Waals surface area contributed by atoms with Crippen molar-refractivity contribution < 1.29 is 9.18 Å². The quantitative estimate of drug-likeness (QED) is 0.700. The fraction of sp³-hybridized carbons (Fsp3) is 0.273. The lowest BCUT2D eigenvalue weighted by Gasteiger charge is -2.08. The van der Waals surface area contributed by atoms with Crippen LogP contribution in [0.2, 0.25) is 0 Å². The molecule has 0 bridgehead atoms. The van der Waals surface area contributed by atoms with Gasteiger partial charge >= 0.3 is 0 Å². The first-order chi connectivity index (χ1) is 12.9. The standard InChI is InChI=1S/C22H23FN2O2/c1-14-11-18-13-17(22(27)25-20(18)12-15(14)2)5-8-21(26)24-10-9-16-3-6-19(23)7-4-16/h3-4,6-7,11-13H,5,8-10H2,1-2H3,(H,24,26)(H,25,27). The third kappa shape index (κ3) is 4.82. The van der Waals surface area contributed by atoms with Crippen LogP contribution < -0.4 is 10.9 Å². The number of aryl methyl sites for hydroxylation is 3. The third-order valence-corrected chi connectivity index (χ3v) is 4.81. The Bertz CT molecular complexity index is 1020. The van der Waals surface area contributed by atoms with Crippen LogP contribution in [-0.4, -0.2) is 17.4 Å². The number of hydrogen-bond donors (Lipinski definition) is 2. The second kappa shape index (κ2) is 8.16. The molecular weight excluding hydrogens is 343 g/mol. The van der Waals surface area contributed by atoms with E-state index in [1.807, 2.05) is 32.0 Å². The molecule has 27 heavy (non-hydrogen) atoms.